The lowest BCUT2D eigenvalue weighted by atomic mass is 10.1. The number of rotatable bonds is 5. The SMILES string of the molecule is CCCN(C(=O)c1cnn(-c2ccccc2C)c1C)C1CCNC1.Cl. The molecule has 1 aliphatic heterocycles. The summed E-state index contributed by atoms with van der Waals surface area (Å²) in [6, 6.07) is 8.40. The summed E-state index contributed by atoms with van der Waals surface area (Å²) in [5, 5.41) is 7.85. The molecule has 1 atom stereocenters. The highest BCUT2D eigenvalue weighted by atomic mass is 35.5. The maximum Gasteiger partial charge on any atom is 0.257 e. The first-order valence-corrected chi connectivity index (χ1v) is 8.75. The van der Waals surface area contributed by atoms with Gasteiger partial charge in [-0.2, -0.15) is 5.10 Å². The summed E-state index contributed by atoms with van der Waals surface area (Å²) in [6.07, 6.45) is 3.71. The highest BCUT2D eigenvalue weighted by Gasteiger charge is 2.28. The molecular weight excluding hydrogens is 336 g/mol. The van der Waals surface area contributed by atoms with Crippen LogP contribution in [0.3, 0.4) is 0 Å². The van der Waals surface area contributed by atoms with Gasteiger partial charge in [0.15, 0.2) is 0 Å². The summed E-state index contributed by atoms with van der Waals surface area (Å²) in [5.41, 5.74) is 3.78. The number of hydrogen-bond acceptors (Lipinski definition) is 3. The van der Waals surface area contributed by atoms with Crippen LogP contribution in [0.25, 0.3) is 5.69 Å². The lowest BCUT2D eigenvalue weighted by Crippen LogP contribution is -2.42. The molecule has 1 N–H and O–H groups in total. The maximum atomic E-state index is 13.1. The summed E-state index contributed by atoms with van der Waals surface area (Å²) >= 11 is 0. The van der Waals surface area contributed by atoms with Crippen LogP contribution in [0.1, 0.15) is 41.4 Å². The van der Waals surface area contributed by atoms with Gasteiger partial charge in [0.25, 0.3) is 5.91 Å². The number of amides is 1. The van der Waals surface area contributed by atoms with E-state index < -0.39 is 0 Å². The smallest absolute Gasteiger partial charge is 0.257 e. The molecule has 6 heteroatoms. The summed E-state index contributed by atoms with van der Waals surface area (Å²) in [7, 11) is 0. The minimum absolute atomic E-state index is 0. The molecule has 1 fully saturated rings. The molecule has 0 radical (unpaired) electrons. The van der Waals surface area contributed by atoms with Crippen molar-refractivity contribution in [2.75, 3.05) is 19.6 Å². The molecule has 0 aliphatic carbocycles. The Labute approximate surface area is 155 Å². The molecule has 2 heterocycles. The Morgan fingerprint density at radius 3 is 2.76 bits per heavy atom. The van der Waals surface area contributed by atoms with E-state index in [1.165, 1.54) is 0 Å². The first-order valence-electron chi connectivity index (χ1n) is 8.75. The Morgan fingerprint density at radius 1 is 1.36 bits per heavy atom. The van der Waals surface area contributed by atoms with Crippen molar-refractivity contribution in [1.29, 1.82) is 0 Å². The topological polar surface area (TPSA) is 50.2 Å². The minimum atomic E-state index is 0. The van der Waals surface area contributed by atoms with Crippen LogP contribution in [0.2, 0.25) is 0 Å². The van der Waals surface area contributed by atoms with Gasteiger partial charge in [-0.3, -0.25) is 4.79 Å². The molecule has 1 aromatic carbocycles. The fourth-order valence-electron chi connectivity index (χ4n) is 3.41. The predicted molar refractivity (Wildman–Crippen MR) is 103 cm³/mol. The van der Waals surface area contributed by atoms with Crippen molar-refractivity contribution in [3.8, 4) is 5.69 Å². The van der Waals surface area contributed by atoms with Crippen LogP contribution < -0.4 is 5.32 Å². The van der Waals surface area contributed by atoms with E-state index >= 15 is 0 Å². The number of nitrogens with zero attached hydrogens (tertiary/aromatic N) is 3. The number of para-hydroxylation sites is 1. The number of benzene rings is 1. The van der Waals surface area contributed by atoms with E-state index in [2.05, 4.69) is 30.3 Å². The van der Waals surface area contributed by atoms with Crippen LogP contribution >= 0.6 is 12.4 Å². The lowest BCUT2D eigenvalue weighted by molar-refractivity contribution is 0.0691. The normalized spacial score (nSPS) is 16.5. The third-order valence-corrected chi connectivity index (χ3v) is 4.78. The number of nitrogens with one attached hydrogen (secondary N) is 1. The second-order valence-electron chi connectivity index (χ2n) is 6.49. The van der Waals surface area contributed by atoms with Gasteiger partial charge < -0.3 is 10.2 Å². The predicted octanol–water partition coefficient (Wildman–Crippen LogP) is 3.13. The molecule has 2 aromatic rings. The molecule has 1 saturated heterocycles. The Balaban J connectivity index is 0.00000225. The average Bonchev–Trinajstić information content (AvgIpc) is 3.22. The molecule has 1 unspecified atom stereocenters. The third kappa shape index (κ3) is 3.88. The van der Waals surface area contributed by atoms with Gasteiger partial charge in [0, 0.05) is 19.1 Å². The first-order chi connectivity index (χ1) is 11.6. The molecule has 136 valence electrons. The highest BCUT2D eigenvalue weighted by Crippen LogP contribution is 2.20. The zero-order valence-corrected chi connectivity index (χ0v) is 16.0. The van der Waals surface area contributed by atoms with E-state index in [1.807, 2.05) is 34.7 Å². The lowest BCUT2D eigenvalue weighted by Gasteiger charge is -2.28. The Morgan fingerprint density at radius 2 is 2.12 bits per heavy atom. The van der Waals surface area contributed by atoms with Crippen LogP contribution in [-0.4, -0.2) is 46.3 Å². The number of aromatic nitrogens is 2. The van der Waals surface area contributed by atoms with Gasteiger partial charge in [0.1, 0.15) is 0 Å². The van der Waals surface area contributed by atoms with Crippen molar-refractivity contribution >= 4 is 18.3 Å². The standard InChI is InChI=1S/C19H26N4O.ClH/c1-4-11-22(16-9-10-20-12-16)19(24)17-13-21-23(15(17)3)18-8-6-5-7-14(18)2;/h5-8,13,16,20H,4,9-12H2,1-3H3;1H. The molecule has 1 aliphatic rings. The molecule has 5 nitrogen and oxygen atoms in total. The average molecular weight is 363 g/mol. The van der Waals surface area contributed by atoms with Crippen LogP contribution in [0.5, 0.6) is 0 Å². The Bertz CT molecular complexity index is 722. The van der Waals surface area contributed by atoms with Crippen LogP contribution in [0.4, 0.5) is 0 Å². The molecule has 25 heavy (non-hydrogen) atoms. The van der Waals surface area contributed by atoms with Gasteiger partial charge in [0.2, 0.25) is 0 Å². The van der Waals surface area contributed by atoms with Crippen molar-refractivity contribution in [2.45, 2.75) is 39.7 Å². The van der Waals surface area contributed by atoms with Gasteiger partial charge in [0.05, 0.1) is 23.1 Å². The Kier molecular flexibility index (Phi) is 6.62. The van der Waals surface area contributed by atoms with Crippen LogP contribution in [0.15, 0.2) is 30.5 Å². The molecule has 1 aromatic heterocycles. The van der Waals surface area contributed by atoms with Crippen LogP contribution in [-0.2, 0) is 0 Å². The summed E-state index contributed by atoms with van der Waals surface area (Å²) in [6.45, 7) is 8.82. The van der Waals surface area contributed by atoms with E-state index in [9.17, 15) is 4.79 Å². The van der Waals surface area contributed by atoms with E-state index in [-0.39, 0.29) is 18.3 Å². The first kappa shape index (κ1) is 19.5. The number of halogens is 1. The van der Waals surface area contributed by atoms with E-state index in [0.29, 0.717) is 11.6 Å². The third-order valence-electron chi connectivity index (χ3n) is 4.78. The van der Waals surface area contributed by atoms with Crippen molar-refractivity contribution < 1.29 is 4.79 Å². The van der Waals surface area contributed by atoms with E-state index in [1.54, 1.807) is 6.20 Å². The van der Waals surface area contributed by atoms with Crippen molar-refractivity contribution in [3.05, 3.63) is 47.3 Å². The monoisotopic (exact) mass is 362 g/mol. The molecule has 1 amide bonds. The van der Waals surface area contributed by atoms with Gasteiger partial charge >= 0.3 is 0 Å². The van der Waals surface area contributed by atoms with E-state index in [4.69, 9.17) is 0 Å². The molecule has 0 spiro atoms. The molecular formula is C19H27ClN4O. The van der Waals surface area contributed by atoms with Gasteiger partial charge in [-0.1, -0.05) is 25.1 Å². The minimum Gasteiger partial charge on any atom is -0.334 e. The zero-order valence-electron chi connectivity index (χ0n) is 15.2. The van der Waals surface area contributed by atoms with Gasteiger partial charge in [-0.15, -0.1) is 12.4 Å². The van der Waals surface area contributed by atoms with Crippen molar-refractivity contribution in [1.82, 2.24) is 20.0 Å². The van der Waals surface area contributed by atoms with Crippen molar-refractivity contribution in [3.63, 3.8) is 0 Å². The van der Waals surface area contributed by atoms with Crippen molar-refractivity contribution in [2.24, 2.45) is 0 Å². The van der Waals surface area contributed by atoms with Crippen LogP contribution in [0, 0.1) is 13.8 Å². The number of aryl methyl sites for hydroxylation is 1. The number of carbonyl (C=O) groups excluding carboxylic acids is 1. The molecule has 3 rings (SSSR count). The Hall–Kier alpha value is -1.85. The highest BCUT2D eigenvalue weighted by molar-refractivity contribution is 5.95. The second kappa shape index (κ2) is 8.50. The maximum absolute atomic E-state index is 13.1. The number of hydrogen-bond donors (Lipinski definition) is 1. The fraction of sp³-hybridized carbons (Fsp3) is 0.474. The summed E-state index contributed by atoms with van der Waals surface area (Å²) in [5.74, 6) is 0.0999. The van der Waals surface area contributed by atoms with Gasteiger partial charge in [-0.05, 0) is 44.9 Å². The second-order valence-corrected chi connectivity index (χ2v) is 6.49. The molecule has 0 bridgehead atoms. The summed E-state index contributed by atoms with van der Waals surface area (Å²) in [4.78, 5) is 15.1. The fourth-order valence-corrected chi connectivity index (χ4v) is 3.41. The summed E-state index contributed by atoms with van der Waals surface area (Å²) < 4.78 is 1.87. The number of carbonyl (C=O) groups is 1. The van der Waals surface area contributed by atoms with Gasteiger partial charge in [-0.25, -0.2) is 4.68 Å². The quantitative estimate of drug-likeness (QED) is 0.889. The largest absolute Gasteiger partial charge is 0.334 e. The van der Waals surface area contributed by atoms with E-state index in [0.717, 1.165) is 49.4 Å². The molecule has 0 saturated carbocycles. The zero-order chi connectivity index (χ0) is 17.1.